The lowest BCUT2D eigenvalue weighted by Gasteiger charge is -2.14. The number of methoxy groups -OCH3 is 1. The van der Waals surface area contributed by atoms with Gasteiger partial charge in [-0.3, -0.25) is 0 Å². The van der Waals surface area contributed by atoms with Crippen molar-refractivity contribution in [3.8, 4) is 5.88 Å². The molecule has 1 N–H and O–H groups in total. The van der Waals surface area contributed by atoms with Gasteiger partial charge in [-0.05, 0) is 25.5 Å². The smallest absolute Gasteiger partial charge is 0.212 e. The van der Waals surface area contributed by atoms with Crippen molar-refractivity contribution in [3.63, 3.8) is 0 Å². The van der Waals surface area contributed by atoms with E-state index in [2.05, 4.69) is 23.3 Å². The van der Waals surface area contributed by atoms with Crippen molar-refractivity contribution in [2.24, 2.45) is 0 Å². The molecule has 1 aliphatic heterocycles. The predicted molar refractivity (Wildman–Crippen MR) is 55.6 cm³/mol. The largest absolute Gasteiger partial charge is 0.481 e. The maximum atomic E-state index is 5.03. The van der Waals surface area contributed by atoms with Crippen molar-refractivity contribution in [1.29, 1.82) is 0 Å². The molecule has 2 heterocycles. The Morgan fingerprint density at radius 2 is 2.36 bits per heavy atom. The van der Waals surface area contributed by atoms with Crippen LogP contribution in [0.1, 0.15) is 24.8 Å². The standard InChI is InChI=1S/C11H16N2O/c1-8-10(5-6-12-8)9-3-4-11(14-2)13-7-9/h3-4,7-8,10,12H,5-6H2,1-2H3. The molecule has 0 amide bonds. The fraction of sp³-hybridized carbons (Fsp3) is 0.545. The van der Waals surface area contributed by atoms with E-state index in [1.54, 1.807) is 7.11 Å². The molecule has 3 heteroatoms. The molecule has 0 spiro atoms. The molecule has 76 valence electrons. The van der Waals surface area contributed by atoms with Gasteiger partial charge in [0.05, 0.1) is 7.11 Å². The first-order valence-electron chi connectivity index (χ1n) is 5.04. The minimum atomic E-state index is 0.560. The zero-order valence-electron chi connectivity index (χ0n) is 8.66. The average molecular weight is 192 g/mol. The highest BCUT2D eigenvalue weighted by molar-refractivity contribution is 5.23. The van der Waals surface area contributed by atoms with Crippen LogP contribution in [0.5, 0.6) is 5.88 Å². The molecule has 2 atom stereocenters. The number of hydrogen-bond acceptors (Lipinski definition) is 3. The third-order valence-electron chi connectivity index (χ3n) is 2.92. The van der Waals surface area contributed by atoms with E-state index in [9.17, 15) is 0 Å². The highest BCUT2D eigenvalue weighted by Gasteiger charge is 2.24. The Morgan fingerprint density at radius 1 is 1.50 bits per heavy atom. The van der Waals surface area contributed by atoms with Gasteiger partial charge in [0, 0.05) is 24.2 Å². The molecular formula is C11H16N2O. The van der Waals surface area contributed by atoms with Gasteiger partial charge in [0.25, 0.3) is 0 Å². The summed E-state index contributed by atoms with van der Waals surface area (Å²) in [5, 5.41) is 3.44. The molecule has 14 heavy (non-hydrogen) atoms. The van der Waals surface area contributed by atoms with Crippen molar-refractivity contribution < 1.29 is 4.74 Å². The van der Waals surface area contributed by atoms with Gasteiger partial charge in [-0.1, -0.05) is 6.07 Å². The summed E-state index contributed by atoms with van der Waals surface area (Å²) in [7, 11) is 1.64. The Hall–Kier alpha value is -1.09. The summed E-state index contributed by atoms with van der Waals surface area (Å²) >= 11 is 0. The zero-order chi connectivity index (χ0) is 9.97. The molecule has 0 bridgehead atoms. The van der Waals surface area contributed by atoms with Crippen LogP contribution in [0.4, 0.5) is 0 Å². The lowest BCUT2D eigenvalue weighted by atomic mass is 9.94. The number of nitrogens with zero attached hydrogens (tertiary/aromatic N) is 1. The second-order valence-electron chi connectivity index (χ2n) is 3.77. The van der Waals surface area contributed by atoms with Crippen LogP contribution in [0.25, 0.3) is 0 Å². The Balaban J connectivity index is 2.16. The predicted octanol–water partition coefficient (Wildman–Crippen LogP) is 1.56. The number of hydrogen-bond donors (Lipinski definition) is 1. The molecule has 3 nitrogen and oxygen atoms in total. The summed E-state index contributed by atoms with van der Waals surface area (Å²) in [5.74, 6) is 1.29. The van der Waals surface area contributed by atoms with Crippen molar-refractivity contribution >= 4 is 0 Å². The van der Waals surface area contributed by atoms with E-state index in [1.807, 2.05) is 12.3 Å². The first kappa shape index (κ1) is 9.46. The van der Waals surface area contributed by atoms with Gasteiger partial charge in [0.15, 0.2) is 0 Å². The highest BCUT2D eigenvalue weighted by atomic mass is 16.5. The molecule has 0 radical (unpaired) electrons. The topological polar surface area (TPSA) is 34.1 Å². The molecule has 1 aromatic heterocycles. The van der Waals surface area contributed by atoms with E-state index < -0.39 is 0 Å². The van der Waals surface area contributed by atoms with Crippen molar-refractivity contribution in [3.05, 3.63) is 23.9 Å². The third-order valence-corrected chi connectivity index (χ3v) is 2.92. The summed E-state index contributed by atoms with van der Waals surface area (Å²) in [6, 6.07) is 4.60. The number of aromatic nitrogens is 1. The molecule has 0 aromatic carbocycles. The first-order chi connectivity index (χ1) is 6.81. The van der Waals surface area contributed by atoms with Crippen LogP contribution in [-0.4, -0.2) is 24.7 Å². The van der Waals surface area contributed by atoms with E-state index >= 15 is 0 Å². The molecule has 1 saturated heterocycles. The first-order valence-corrected chi connectivity index (χ1v) is 5.04. The number of rotatable bonds is 2. The van der Waals surface area contributed by atoms with E-state index in [4.69, 9.17) is 4.74 Å². The molecule has 2 rings (SSSR count). The normalized spacial score (nSPS) is 26.4. The fourth-order valence-corrected chi connectivity index (χ4v) is 2.05. The Kier molecular flexibility index (Phi) is 2.68. The van der Waals surface area contributed by atoms with E-state index in [0.29, 0.717) is 17.8 Å². The summed E-state index contributed by atoms with van der Waals surface area (Å²) < 4.78 is 5.03. The van der Waals surface area contributed by atoms with Gasteiger partial charge in [0.1, 0.15) is 0 Å². The molecule has 1 aliphatic rings. The summed E-state index contributed by atoms with van der Waals surface area (Å²) in [5.41, 5.74) is 1.31. The number of pyridine rings is 1. The lowest BCUT2D eigenvalue weighted by Crippen LogP contribution is -2.21. The number of nitrogens with one attached hydrogen (secondary N) is 1. The Bertz CT molecular complexity index is 297. The minimum absolute atomic E-state index is 0.560. The lowest BCUT2D eigenvalue weighted by molar-refractivity contribution is 0.397. The van der Waals surface area contributed by atoms with Crippen LogP contribution in [0.2, 0.25) is 0 Å². The molecule has 1 aromatic rings. The quantitative estimate of drug-likeness (QED) is 0.772. The zero-order valence-corrected chi connectivity index (χ0v) is 8.66. The van der Waals surface area contributed by atoms with Gasteiger partial charge >= 0.3 is 0 Å². The van der Waals surface area contributed by atoms with Crippen LogP contribution in [0.15, 0.2) is 18.3 Å². The molecular weight excluding hydrogens is 176 g/mol. The average Bonchev–Trinajstić information content (AvgIpc) is 2.65. The third kappa shape index (κ3) is 1.73. The molecule has 1 fully saturated rings. The Morgan fingerprint density at radius 3 is 2.86 bits per heavy atom. The van der Waals surface area contributed by atoms with Crippen LogP contribution in [0, 0.1) is 0 Å². The summed E-state index contributed by atoms with van der Waals surface area (Å²) in [6.45, 7) is 3.33. The van der Waals surface area contributed by atoms with Gasteiger partial charge < -0.3 is 10.1 Å². The minimum Gasteiger partial charge on any atom is -0.481 e. The van der Waals surface area contributed by atoms with Crippen molar-refractivity contribution in [1.82, 2.24) is 10.3 Å². The van der Waals surface area contributed by atoms with Crippen LogP contribution < -0.4 is 10.1 Å². The van der Waals surface area contributed by atoms with E-state index in [-0.39, 0.29) is 0 Å². The van der Waals surface area contributed by atoms with E-state index in [1.165, 1.54) is 12.0 Å². The summed E-state index contributed by atoms with van der Waals surface area (Å²) in [6.07, 6.45) is 3.13. The van der Waals surface area contributed by atoms with Crippen molar-refractivity contribution in [2.75, 3.05) is 13.7 Å². The molecule has 2 unspecified atom stereocenters. The number of ether oxygens (including phenoxy) is 1. The monoisotopic (exact) mass is 192 g/mol. The van der Waals surface area contributed by atoms with Crippen LogP contribution in [0.3, 0.4) is 0 Å². The molecule has 0 aliphatic carbocycles. The van der Waals surface area contributed by atoms with Crippen LogP contribution >= 0.6 is 0 Å². The maximum Gasteiger partial charge on any atom is 0.212 e. The molecule has 0 saturated carbocycles. The second kappa shape index (κ2) is 3.96. The summed E-state index contributed by atoms with van der Waals surface area (Å²) in [4.78, 5) is 4.23. The van der Waals surface area contributed by atoms with Gasteiger partial charge in [-0.2, -0.15) is 0 Å². The fourth-order valence-electron chi connectivity index (χ4n) is 2.05. The SMILES string of the molecule is COc1ccc(C2CCNC2C)cn1. The van der Waals surface area contributed by atoms with Gasteiger partial charge in [-0.15, -0.1) is 0 Å². The highest BCUT2D eigenvalue weighted by Crippen LogP contribution is 2.27. The van der Waals surface area contributed by atoms with Gasteiger partial charge in [-0.25, -0.2) is 4.98 Å². The van der Waals surface area contributed by atoms with E-state index in [0.717, 1.165) is 6.54 Å². The van der Waals surface area contributed by atoms with Gasteiger partial charge in [0.2, 0.25) is 5.88 Å². The second-order valence-corrected chi connectivity index (χ2v) is 3.77. The van der Waals surface area contributed by atoms with Crippen LogP contribution in [-0.2, 0) is 0 Å². The maximum absolute atomic E-state index is 5.03. The Labute approximate surface area is 84.5 Å². The van der Waals surface area contributed by atoms with Crippen molar-refractivity contribution in [2.45, 2.75) is 25.3 Å².